The average Bonchev–Trinajstić information content (AvgIpc) is 2.96. The SMILES string of the molecule is Cc1cc(CCc2c(Cl)cccc2Cl)cc2c1C(N1CC(C)(O)C1)CC2. The van der Waals surface area contributed by atoms with Gasteiger partial charge in [0.2, 0.25) is 0 Å². The fourth-order valence-electron chi connectivity index (χ4n) is 4.67. The molecule has 0 saturated carbocycles. The minimum Gasteiger partial charge on any atom is -0.388 e. The van der Waals surface area contributed by atoms with Crippen LogP contribution < -0.4 is 0 Å². The van der Waals surface area contributed by atoms with E-state index in [0.717, 1.165) is 54.4 Å². The van der Waals surface area contributed by atoms with Crippen molar-refractivity contribution in [2.24, 2.45) is 0 Å². The van der Waals surface area contributed by atoms with E-state index >= 15 is 0 Å². The van der Waals surface area contributed by atoms with Crippen LogP contribution in [0.25, 0.3) is 0 Å². The lowest BCUT2D eigenvalue weighted by Crippen LogP contribution is -2.60. The van der Waals surface area contributed by atoms with E-state index in [1.165, 1.54) is 22.3 Å². The van der Waals surface area contributed by atoms with Gasteiger partial charge in [-0.15, -0.1) is 0 Å². The molecular formula is C22H25Cl2NO. The summed E-state index contributed by atoms with van der Waals surface area (Å²) in [6.07, 6.45) is 4.09. The summed E-state index contributed by atoms with van der Waals surface area (Å²) >= 11 is 12.6. The Morgan fingerprint density at radius 3 is 2.50 bits per heavy atom. The number of halogens is 2. The van der Waals surface area contributed by atoms with Gasteiger partial charge < -0.3 is 5.11 Å². The molecule has 1 N–H and O–H groups in total. The summed E-state index contributed by atoms with van der Waals surface area (Å²) in [7, 11) is 0. The first-order chi connectivity index (χ1) is 12.3. The largest absolute Gasteiger partial charge is 0.388 e. The Bertz CT molecular complexity index is 818. The summed E-state index contributed by atoms with van der Waals surface area (Å²) in [5.74, 6) is 0. The van der Waals surface area contributed by atoms with Crippen LogP contribution in [0, 0.1) is 6.92 Å². The average molecular weight is 390 g/mol. The zero-order chi connectivity index (χ0) is 18.5. The Balaban J connectivity index is 1.51. The first kappa shape index (κ1) is 18.3. The van der Waals surface area contributed by atoms with Gasteiger partial charge >= 0.3 is 0 Å². The number of benzene rings is 2. The van der Waals surface area contributed by atoms with E-state index in [4.69, 9.17) is 23.2 Å². The molecule has 0 amide bonds. The molecule has 0 spiro atoms. The summed E-state index contributed by atoms with van der Waals surface area (Å²) in [6, 6.07) is 10.9. The molecule has 1 aliphatic heterocycles. The topological polar surface area (TPSA) is 23.5 Å². The van der Waals surface area contributed by atoms with E-state index in [1.807, 2.05) is 25.1 Å². The van der Waals surface area contributed by atoms with Crippen LogP contribution in [0.2, 0.25) is 10.0 Å². The fourth-order valence-corrected chi connectivity index (χ4v) is 5.26. The summed E-state index contributed by atoms with van der Waals surface area (Å²) in [5, 5.41) is 11.6. The minimum atomic E-state index is -0.509. The molecule has 2 aromatic rings. The summed E-state index contributed by atoms with van der Waals surface area (Å²) < 4.78 is 0. The van der Waals surface area contributed by atoms with Gasteiger partial charge in [0.05, 0.1) is 5.60 Å². The fraction of sp³-hybridized carbons (Fsp3) is 0.455. The van der Waals surface area contributed by atoms with Crippen molar-refractivity contribution in [2.75, 3.05) is 13.1 Å². The van der Waals surface area contributed by atoms with Crippen LogP contribution in [-0.2, 0) is 19.3 Å². The van der Waals surface area contributed by atoms with E-state index in [0.29, 0.717) is 6.04 Å². The van der Waals surface area contributed by atoms with Crippen LogP contribution in [0.3, 0.4) is 0 Å². The van der Waals surface area contributed by atoms with Crippen molar-refractivity contribution in [1.29, 1.82) is 0 Å². The second kappa shape index (κ2) is 6.83. The lowest BCUT2D eigenvalue weighted by atomic mass is 9.90. The molecule has 1 heterocycles. The highest BCUT2D eigenvalue weighted by atomic mass is 35.5. The molecule has 1 unspecified atom stereocenters. The van der Waals surface area contributed by atoms with Crippen LogP contribution in [0.1, 0.15) is 47.2 Å². The maximum atomic E-state index is 10.1. The third-order valence-electron chi connectivity index (χ3n) is 5.81. The second-order valence-corrected chi connectivity index (χ2v) is 8.96. The number of rotatable bonds is 4. The summed E-state index contributed by atoms with van der Waals surface area (Å²) in [5.41, 5.74) is 6.21. The standard InChI is InChI=1S/C22H25Cl2NO/c1-14-10-15(6-8-17-18(23)4-3-5-19(17)24)11-16-7-9-20(21(14)16)25-12-22(2,26)13-25/h3-5,10-11,20,26H,6-9,12-13H2,1-2H3. The molecule has 4 rings (SSSR count). The molecule has 138 valence electrons. The van der Waals surface area contributed by atoms with Crippen molar-refractivity contribution in [3.63, 3.8) is 0 Å². The van der Waals surface area contributed by atoms with Crippen molar-refractivity contribution < 1.29 is 5.11 Å². The van der Waals surface area contributed by atoms with Crippen LogP contribution in [0.5, 0.6) is 0 Å². The maximum Gasteiger partial charge on any atom is 0.0872 e. The van der Waals surface area contributed by atoms with Crippen molar-refractivity contribution >= 4 is 23.2 Å². The van der Waals surface area contributed by atoms with Crippen molar-refractivity contribution in [1.82, 2.24) is 4.90 Å². The number of aliphatic hydroxyl groups is 1. The molecule has 2 aromatic carbocycles. The lowest BCUT2D eigenvalue weighted by Gasteiger charge is -2.48. The molecule has 2 nitrogen and oxygen atoms in total. The molecule has 0 aromatic heterocycles. The Hall–Kier alpha value is -1.06. The lowest BCUT2D eigenvalue weighted by molar-refractivity contribution is -0.103. The first-order valence-electron chi connectivity index (χ1n) is 9.36. The number of hydrogen-bond donors (Lipinski definition) is 1. The van der Waals surface area contributed by atoms with E-state index in [-0.39, 0.29) is 0 Å². The summed E-state index contributed by atoms with van der Waals surface area (Å²) in [4.78, 5) is 2.42. The second-order valence-electron chi connectivity index (χ2n) is 8.14. The Labute approximate surface area is 165 Å². The molecule has 2 aliphatic rings. The Kier molecular flexibility index (Phi) is 4.81. The molecule has 1 atom stereocenters. The normalized spacial score (nSPS) is 21.5. The highest BCUT2D eigenvalue weighted by Gasteiger charge is 2.42. The highest BCUT2D eigenvalue weighted by molar-refractivity contribution is 6.35. The quantitative estimate of drug-likeness (QED) is 0.781. The van der Waals surface area contributed by atoms with E-state index < -0.39 is 5.60 Å². The third-order valence-corrected chi connectivity index (χ3v) is 6.51. The van der Waals surface area contributed by atoms with Crippen LogP contribution >= 0.6 is 23.2 Å². The molecule has 1 saturated heterocycles. The van der Waals surface area contributed by atoms with Gasteiger partial charge in [0.1, 0.15) is 0 Å². The Morgan fingerprint density at radius 2 is 1.85 bits per heavy atom. The minimum absolute atomic E-state index is 0.470. The first-order valence-corrected chi connectivity index (χ1v) is 10.1. The van der Waals surface area contributed by atoms with Crippen molar-refractivity contribution in [3.8, 4) is 0 Å². The van der Waals surface area contributed by atoms with Gasteiger partial charge in [-0.05, 0) is 79.5 Å². The van der Waals surface area contributed by atoms with E-state index in [1.54, 1.807) is 0 Å². The number of aryl methyl sites for hydroxylation is 3. The summed E-state index contributed by atoms with van der Waals surface area (Å²) in [6.45, 7) is 5.71. The predicted molar refractivity (Wildman–Crippen MR) is 108 cm³/mol. The molecule has 0 bridgehead atoms. The maximum absolute atomic E-state index is 10.1. The number of nitrogens with zero attached hydrogens (tertiary/aromatic N) is 1. The zero-order valence-electron chi connectivity index (χ0n) is 15.4. The number of β-amino-alcohol motifs (C(OH)–C–C–N with tert-alkyl or cyclic N) is 1. The van der Waals surface area contributed by atoms with Gasteiger partial charge in [-0.25, -0.2) is 0 Å². The van der Waals surface area contributed by atoms with Gasteiger partial charge in [-0.1, -0.05) is 41.4 Å². The van der Waals surface area contributed by atoms with Crippen LogP contribution in [-0.4, -0.2) is 28.7 Å². The monoisotopic (exact) mass is 389 g/mol. The van der Waals surface area contributed by atoms with Gasteiger partial charge in [0.25, 0.3) is 0 Å². The molecule has 1 aliphatic carbocycles. The van der Waals surface area contributed by atoms with Crippen LogP contribution in [0.15, 0.2) is 30.3 Å². The van der Waals surface area contributed by atoms with Gasteiger partial charge in [-0.3, -0.25) is 4.90 Å². The van der Waals surface area contributed by atoms with Crippen molar-refractivity contribution in [2.45, 2.75) is 51.2 Å². The van der Waals surface area contributed by atoms with E-state index in [9.17, 15) is 5.11 Å². The third kappa shape index (κ3) is 3.41. The number of fused-ring (bicyclic) bond motifs is 1. The van der Waals surface area contributed by atoms with Gasteiger partial charge in [0, 0.05) is 29.2 Å². The van der Waals surface area contributed by atoms with Crippen molar-refractivity contribution in [3.05, 3.63) is 68.2 Å². The van der Waals surface area contributed by atoms with Gasteiger partial charge in [0.15, 0.2) is 0 Å². The molecule has 0 radical (unpaired) electrons. The highest BCUT2D eigenvalue weighted by Crippen LogP contribution is 2.42. The number of hydrogen-bond acceptors (Lipinski definition) is 2. The predicted octanol–water partition coefficient (Wildman–Crippen LogP) is 5.14. The zero-order valence-corrected chi connectivity index (χ0v) is 16.9. The molecule has 4 heteroatoms. The number of likely N-dealkylation sites (tertiary alicyclic amines) is 1. The van der Waals surface area contributed by atoms with Crippen LogP contribution in [0.4, 0.5) is 0 Å². The van der Waals surface area contributed by atoms with E-state index in [2.05, 4.69) is 24.0 Å². The molecule has 26 heavy (non-hydrogen) atoms. The van der Waals surface area contributed by atoms with Gasteiger partial charge in [-0.2, -0.15) is 0 Å². The smallest absolute Gasteiger partial charge is 0.0872 e. The molecular weight excluding hydrogens is 365 g/mol. The molecule has 1 fully saturated rings. The Morgan fingerprint density at radius 1 is 1.15 bits per heavy atom.